The molecule has 1 rings (SSSR count). The lowest BCUT2D eigenvalue weighted by atomic mass is 9.97. The molecule has 1 aliphatic rings. The van der Waals surface area contributed by atoms with Crippen LogP contribution in [0.1, 0.15) is 6.92 Å². The monoisotopic (exact) mass is 247 g/mol. The van der Waals surface area contributed by atoms with Gasteiger partial charge in [-0.05, 0) is 6.92 Å². The summed E-state index contributed by atoms with van der Waals surface area (Å²) in [5.41, 5.74) is 0.197. The minimum Gasteiger partial charge on any atom is -0.394 e. The molecule has 0 aromatic rings. The molecular formula is C10H17NO6. The second-order valence-electron chi connectivity index (χ2n) is 4.01. The maximum Gasteiger partial charge on any atom is 0.246 e. The fourth-order valence-electron chi connectivity index (χ4n) is 1.53. The lowest BCUT2D eigenvalue weighted by molar-refractivity contribution is -0.253. The number of aliphatic hydroxyl groups excluding tert-OH is 4. The van der Waals surface area contributed by atoms with Crippen molar-refractivity contribution >= 4 is 5.91 Å². The molecule has 1 amide bonds. The standard InChI is InChI=1S/C10H17NO6/c1-4(2)9(15)11-6-8(14)7(13)5(3-12)17-10(6)16/h5-8,10,12-14,16H,1,3H2,2H3,(H,11,15)/t5-,6-,7-,8-,10?/m1/s1. The smallest absolute Gasteiger partial charge is 0.246 e. The topological polar surface area (TPSA) is 119 Å². The van der Waals surface area contributed by atoms with Crippen molar-refractivity contribution in [3.63, 3.8) is 0 Å². The molecule has 0 radical (unpaired) electrons. The van der Waals surface area contributed by atoms with Crippen molar-refractivity contribution in [2.45, 2.75) is 37.6 Å². The first kappa shape index (κ1) is 14.1. The fourth-order valence-corrected chi connectivity index (χ4v) is 1.53. The second-order valence-corrected chi connectivity index (χ2v) is 4.01. The van der Waals surface area contributed by atoms with Crippen molar-refractivity contribution in [2.75, 3.05) is 6.61 Å². The van der Waals surface area contributed by atoms with E-state index < -0.39 is 43.2 Å². The average Bonchev–Trinajstić information content (AvgIpc) is 2.28. The summed E-state index contributed by atoms with van der Waals surface area (Å²) in [6, 6.07) is -1.17. The normalized spacial score (nSPS) is 37.6. The summed E-state index contributed by atoms with van der Waals surface area (Å²) in [6.07, 6.45) is -5.41. The lowest BCUT2D eigenvalue weighted by Gasteiger charge is -2.40. The Morgan fingerprint density at radius 2 is 1.94 bits per heavy atom. The van der Waals surface area contributed by atoms with Crippen LogP contribution in [0.15, 0.2) is 12.2 Å². The van der Waals surface area contributed by atoms with Crippen LogP contribution in [0, 0.1) is 0 Å². The quantitative estimate of drug-likeness (QED) is 0.351. The van der Waals surface area contributed by atoms with Gasteiger partial charge in [0, 0.05) is 5.57 Å². The van der Waals surface area contributed by atoms with Crippen molar-refractivity contribution in [3.05, 3.63) is 12.2 Å². The molecule has 5 atom stereocenters. The third-order valence-electron chi connectivity index (χ3n) is 2.59. The van der Waals surface area contributed by atoms with Gasteiger partial charge in [0.1, 0.15) is 24.4 Å². The molecule has 0 aromatic carbocycles. The highest BCUT2D eigenvalue weighted by Crippen LogP contribution is 2.19. The molecule has 0 aliphatic carbocycles. The van der Waals surface area contributed by atoms with Gasteiger partial charge >= 0.3 is 0 Å². The van der Waals surface area contributed by atoms with Gasteiger partial charge in [0.05, 0.1) is 6.61 Å². The molecule has 98 valence electrons. The molecular weight excluding hydrogens is 230 g/mol. The van der Waals surface area contributed by atoms with Gasteiger partial charge in [0.25, 0.3) is 0 Å². The zero-order chi connectivity index (χ0) is 13.2. The highest BCUT2D eigenvalue weighted by Gasteiger charge is 2.44. The third-order valence-corrected chi connectivity index (χ3v) is 2.59. The van der Waals surface area contributed by atoms with Gasteiger partial charge in [0.15, 0.2) is 6.29 Å². The van der Waals surface area contributed by atoms with E-state index in [-0.39, 0.29) is 5.57 Å². The van der Waals surface area contributed by atoms with Crippen LogP contribution >= 0.6 is 0 Å². The molecule has 17 heavy (non-hydrogen) atoms. The zero-order valence-corrected chi connectivity index (χ0v) is 9.41. The van der Waals surface area contributed by atoms with E-state index in [0.717, 1.165) is 0 Å². The van der Waals surface area contributed by atoms with E-state index in [2.05, 4.69) is 11.9 Å². The van der Waals surface area contributed by atoms with E-state index in [0.29, 0.717) is 0 Å². The molecule has 7 nitrogen and oxygen atoms in total. The zero-order valence-electron chi connectivity index (χ0n) is 9.41. The van der Waals surface area contributed by atoms with Crippen LogP contribution < -0.4 is 5.32 Å². The van der Waals surface area contributed by atoms with Crippen LogP contribution in [-0.4, -0.2) is 63.6 Å². The number of rotatable bonds is 3. The predicted molar refractivity (Wildman–Crippen MR) is 56.7 cm³/mol. The Bertz CT molecular complexity index is 307. The Kier molecular flexibility index (Phi) is 4.61. The molecule has 1 heterocycles. The fraction of sp³-hybridized carbons (Fsp3) is 0.700. The second kappa shape index (κ2) is 5.56. The van der Waals surface area contributed by atoms with Crippen molar-refractivity contribution in [2.24, 2.45) is 0 Å². The van der Waals surface area contributed by atoms with Crippen LogP contribution in [0.3, 0.4) is 0 Å². The van der Waals surface area contributed by atoms with Gasteiger partial charge in [-0.25, -0.2) is 0 Å². The molecule has 1 aliphatic heterocycles. The van der Waals surface area contributed by atoms with Crippen molar-refractivity contribution in [3.8, 4) is 0 Å². The summed E-state index contributed by atoms with van der Waals surface area (Å²) >= 11 is 0. The number of aliphatic hydroxyl groups is 4. The largest absolute Gasteiger partial charge is 0.394 e. The predicted octanol–water partition coefficient (Wildman–Crippen LogP) is -2.52. The number of carbonyl (C=O) groups excluding carboxylic acids is 1. The lowest BCUT2D eigenvalue weighted by Crippen LogP contribution is -2.64. The number of nitrogens with one attached hydrogen (secondary N) is 1. The summed E-state index contributed by atoms with van der Waals surface area (Å²) < 4.78 is 4.86. The maximum atomic E-state index is 11.3. The Morgan fingerprint density at radius 1 is 1.35 bits per heavy atom. The van der Waals surface area contributed by atoms with Gasteiger partial charge in [-0.1, -0.05) is 6.58 Å². The van der Waals surface area contributed by atoms with Crippen LogP contribution in [0.25, 0.3) is 0 Å². The highest BCUT2D eigenvalue weighted by molar-refractivity contribution is 5.92. The molecule has 0 spiro atoms. The minimum absolute atomic E-state index is 0.197. The number of hydrogen-bond acceptors (Lipinski definition) is 6. The Hall–Kier alpha value is -0.990. The first-order valence-electron chi connectivity index (χ1n) is 5.15. The first-order chi connectivity index (χ1) is 7.88. The maximum absolute atomic E-state index is 11.3. The summed E-state index contributed by atoms with van der Waals surface area (Å²) in [4.78, 5) is 11.3. The van der Waals surface area contributed by atoms with Gasteiger partial charge in [-0.3, -0.25) is 4.79 Å². The summed E-state index contributed by atoms with van der Waals surface area (Å²) in [5, 5.41) is 39.9. The number of amides is 1. The van der Waals surface area contributed by atoms with Crippen molar-refractivity contribution in [1.29, 1.82) is 0 Å². The van der Waals surface area contributed by atoms with Gasteiger partial charge in [-0.15, -0.1) is 0 Å². The van der Waals surface area contributed by atoms with Gasteiger partial charge in [0.2, 0.25) is 5.91 Å². The van der Waals surface area contributed by atoms with E-state index in [1.807, 2.05) is 0 Å². The molecule has 5 N–H and O–H groups in total. The number of carbonyl (C=O) groups is 1. The molecule has 7 heteroatoms. The van der Waals surface area contributed by atoms with Crippen LogP contribution in [0.2, 0.25) is 0 Å². The summed E-state index contributed by atoms with van der Waals surface area (Å²) in [5.74, 6) is -0.564. The first-order valence-corrected chi connectivity index (χ1v) is 5.15. The third kappa shape index (κ3) is 3.02. The Balaban J connectivity index is 2.73. The van der Waals surface area contributed by atoms with E-state index in [9.17, 15) is 20.1 Å². The molecule has 1 saturated heterocycles. The Labute approximate surface area is 98.3 Å². The van der Waals surface area contributed by atoms with E-state index in [1.165, 1.54) is 6.92 Å². The van der Waals surface area contributed by atoms with E-state index in [1.54, 1.807) is 0 Å². The molecule has 0 bridgehead atoms. The van der Waals surface area contributed by atoms with Crippen LogP contribution in [-0.2, 0) is 9.53 Å². The summed E-state index contributed by atoms with van der Waals surface area (Å²) in [6.45, 7) is 4.32. The van der Waals surface area contributed by atoms with Crippen molar-refractivity contribution < 1.29 is 30.0 Å². The van der Waals surface area contributed by atoms with Gasteiger partial charge in [-0.2, -0.15) is 0 Å². The Morgan fingerprint density at radius 3 is 2.41 bits per heavy atom. The number of ether oxygens (including phenoxy) is 1. The summed E-state index contributed by atoms with van der Waals surface area (Å²) in [7, 11) is 0. The molecule has 1 fully saturated rings. The van der Waals surface area contributed by atoms with Gasteiger partial charge < -0.3 is 30.5 Å². The highest BCUT2D eigenvalue weighted by atomic mass is 16.6. The van der Waals surface area contributed by atoms with E-state index in [4.69, 9.17) is 9.84 Å². The SMILES string of the molecule is C=C(C)C(=O)N[C@H]1C(O)O[C@H](CO)[C@@H](O)[C@@H]1O. The minimum atomic E-state index is -1.51. The number of hydrogen-bond donors (Lipinski definition) is 5. The molecule has 1 unspecified atom stereocenters. The van der Waals surface area contributed by atoms with Crippen LogP contribution in [0.4, 0.5) is 0 Å². The molecule has 0 saturated carbocycles. The van der Waals surface area contributed by atoms with E-state index >= 15 is 0 Å². The molecule has 0 aromatic heterocycles. The van der Waals surface area contributed by atoms with Crippen LogP contribution in [0.5, 0.6) is 0 Å². The average molecular weight is 247 g/mol. The van der Waals surface area contributed by atoms with Crippen molar-refractivity contribution in [1.82, 2.24) is 5.32 Å².